The normalized spacial score (nSPS) is 24.3. The van der Waals surface area contributed by atoms with E-state index in [0.29, 0.717) is 29.9 Å². The highest BCUT2D eigenvalue weighted by Gasteiger charge is 2.53. The molecule has 2 bridgehead atoms. The fourth-order valence-electron chi connectivity index (χ4n) is 4.67. The lowest BCUT2D eigenvalue weighted by Gasteiger charge is -2.36. The van der Waals surface area contributed by atoms with Crippen LogP contribution in [0.4, 0.5) is 14.6 Å². The molecule has 7 nitrogen and oxygen atoms in total. The quantitative estimate of drug-likeness (QED) is 0.667. The van der Waals surface area contributed by atoms with Crippen LogP contribution in [0.1, 0.15) is 19.3 Å². The Morgan fingerprint density at radius 2 is 2.00 bits per heavy atom. The van der Waals surface area contributed by atoms with Crippen molar-refractivity contribution in [2.75, 3.05) is 11.9 Å². The molecular weight excluding hydrogens is 402 g/mol. The van der Waals surface area contributed by atoms with E-state index < -0.39 is 12.0 Å². The topological polar surface area (TPSA) is 79.1 Å². The summed E-state index contributed by atoms with van der Waals surface area (Å²) in [6, 6.07) is 4.43. The number of hydrogen-bond acceptors (Lipinski definition) is 6. The Bertz CT molecular complexity index is 1100. The van der Waals surface area contributed by atoms with E-state index in [1.807, 2.05) is 31.3 Å². The summed E-state index contributed by atoms with van der Waals surface area (Å²) in [7, 11) is 3.71. The van der Waals surface area contributed by atoms with Crippen molar-refractivity contribution in [1.29, 1.82) is 0 Å². The number of nitrogens with zero attached hydrogens (tertiary/aromatic N) is 5. The zero-order valence-corrected chi connectivity index (χ0v) is 17.3. The van der Waals surface area contributed by atoms with E-state index in [1.165, 1.54) is 0 Å². The first-order chi connectivity index (χ1) is 14.8. The standard InChI is InChI=1S/C22H24F2N6O/c1-29-12-14(9-27-29)13-3-4-17(19(31)5-13)18-10-26-21(11-25-18)30(2)16-6-15-8-22(23,24)20(7-16)28-15/h3-5,9-12,15-16,20,28,31H,6-8H2,1-2H3/t15?,16-,20?/m1/s1. The molecule has 0 radical (unpaired) electrons. The number of rotatable bonds is 4. The fourth-order valence-corrected chi connectivity index (χ4v) is 4.67. The van der Waals surface area contributed by atoms with Gasteiger partial charge < -0.3 is 15.3 Å². The lowest BCUT2D eigenvalue weighted by molar-refractivity contribution is -0.0128. The molecule has 2 saturated heterocycles. The van der Waals surface area contributed by atoms with Gasteiger partial charge in [-0.25, -0.2) is 13.8 Å². The highest BCUT2D eigenvalue weighted by molar-refractivity contribution is 5.73. The Morgan fingerprint density at radius 3 is 2.65 bits per heavy atom. The van der Waals surface area contributed by atoms with Gasteiger partial charge in [-0.1, -0.05) is 6.07 Å². The first-order valence-corrected chi connectivity index (χ1v) is 10.3. The minimum absolute atomic E-state index is 0.0167. The third kappa shape index (κ3) is 3.63. The second-order valence-corrected chi connectivity index (χ2v) is 8.51. The molecule has 2 unspecified atom stereocenters. The summed E-state index contributed by atoms with van der Waals surface area (Å²) in [6.45, 7) is 0. The zero-order valence-electron chi connectivity index (χ0n) is 17.3. The van der Waals surface area contributed by atoms with Gasteiger partial charge in [0.25, 0.3) is 5.92 Å². The van der Waals surface area contributed by atoms with Gasteiger partial charge in [0.1, 0.15) is 11.6 Å². The molecule has 0 saturated carbocycles. The van der Waals surface area contributed by atoms with Crippen LogP contribution in [0.2, 0.25) is 0 Å². The van der Waals surface area contributed by atoms with Crippen LogP contribution in [0, 0.1) is 0 Å². The molecule has 0 amide bonds. The monoisotopic (exact) mass is 426 g/mol. The Kier molecular flexibility index (Phi) is 4.65. The fraction of sp³-hybridized carbons (Fsp3) is 0.409. The van der Waals surface area contributed by atoms with Crippen LogP contribution in [0.3, 0.4) is 0 Å². The molecule has 2 aliphatic heterocycles. The molecule has 162 valence electrons. The summed E-state index contributed by atoms with van der Waals surface area (Å²) in [5.41, 5.74) is 2.89. The molecule has 4 heterocycles. The van der Waals surface area contributed by atoms with E-state index in [9.17, 15) is 13.9 Å². The third-order valence-corrected chi connectivity index (χ3v) is 6.39. The lowest BCUT2D eigenvalue weighted by atomic mass is 9.98. The van der Waals surface area contributed by atoms with Crippen LogP contribution >= 0.6 is 0 Å². The molecule has 3 aromatic rings. The van der Waals surface area contributed by atoms with Gasteiger partial charge in [-0.3, -0.25) is 9.67 Å². The maximum absolute atomic E-state index is 14.0. The van der Waals surface area contributed by atoms with Gasteiger partial charge in [-0.15, -0.1) is 0 Å². The van der Waals surface area contributed by atoms with Crippen LogP contribution < -0.4 is 10.2 Å². The van der Waals surface area contributed by atoms with E-state index in [0.717, 1.165) is 11.1 Å². The van der Waals surface area contributed by atoms with Crippen molar-refractivity contribution in [3.05, 3.63) is 43.0 Å². The number of benzene rings is 1. The van der Waals surface area contributed by atoms with Gasteiger partial charge in [-0.05, 0) is 30.5 Å². The summed E-state index contributed by atoms with van der Waals surface area (Å²) in [5.74, 6) is -1.91. The number of hydrogen-bond donors (Lipinski definition) is 2. The van der Waals surface area contributed by atoms with Gasteiger partial charge in [0.15, 0.2) is 0 Å². The predicted octanol–water partition coefficient (Wildman–Crippen LogP) is 3.21. The minimum atomic E-state index is -2.64. The Labute approximate surface area is 178 Å². The van der Waals surface area contributed by atoms with Crippen LogP contribution in [-0.4, -0.2) is 56.0 Å². The molecule has 5 rings (SSSR count). The Hall–Kier alpha value is -3.07. The molecular formula is C22H24F2N6O. The van der Waals surface area contributed by atoms with E-state index in [2.05, 4.69) is 20.4 Å². The number of nitrogens with one attached hydrogen (secondary N) is 1. The molecule has 31 heavy (non-hydrogen) atoms. The Morgan fingerprint density at radius 1 is 1.16 bits per heavy atom. The van der Waals surface area contributed by atoms with Crippen LogP contribution in [-0.2, 0) is 7.05 Å². The molecule has 9 heteroatoms. The minimum Gasteiger partial charge on any atom is -0.507 e. The van der Waals surface area contributed by atoms with Crippen molar-refractivity contribution in [1.82, 2.24) is 25.1 Å². The van der Waals surface area contributed by atoms with E-state index in [-0.39, 0.29) is 24.3 Å². The number of phenolic OH excluding ortho intramolecular Hbond substituents is 1. The van der Waals surface area contributed by atoms with Crippen LogP contribution in [0.15, 0.2) is 43.0 Å². The number of fused-ring (bicyclic) bond motifs is 2. The number of piperidine rings is 1. The summed E-state index contributed by atoms with van der Waals surface area (Å²) < 4.78 is 29.7. The number of aromatic hydroxyl groups is 1. The second-order valence-electron chi connectivity index (χ2n) is 8.51. The summed E-state index contributed by atoms with van der Waals surface area (Å²) in [6.07, 6.45) is 7.79. The molecule has 0 aliphatic carbocycles. The first-order valence-electron chi connectivity index (χ1n) is 10.3. The Balaban J connectivity index is 1.33. The largest absolute Gasteiger partial charge is 0.507 e. The number of aryl methyl sites for hydroxylation is 1. The molecule has 2 N–H and O–H groups in total. The van der Waals surface area contributed by atoms with Crippen molar-refractivity contribution in [2.45, 2.75) is 43.3 Å². The third-order valence-electron chi connectivity index (χ3n) is 6.39. The highest BCUT2D eigenvalue weighted by Crippen LogP contribution is 2.41. The van der Waals surface area contributed by atoms with E-state index in [1.54, 1.807) is 35.4 Å². The number of anilines is 1. The summed E-state index contributed by atoms with van der Waals surface area (Å²) in [5, 5.41) is 17.7. The second kappa shape index (κ2) is 7.26. The van der Waals surface area contributed by atoms with Crippen molar-refractivity contribution in [3.8, 4) is 28.1 Å². The SMILES string of the molecule is CN(c1cnc(-c2ccc(-c3cnn(C)c3)cc2O)cn1)[C@@H]1CC2CC(F)(F)C(C1)N2. The van der Waals surface area contributed by atoms with Crippen molar-refractivity contribution in [3.63, 3.8) is 0 Å². The molecule has 2 aromatic heterocycles. The number of phenols is 1. The maximum atomic E-state index is 14.0. The summed E-state index contributed by atoms with van der Waals surface area (Å²) >= 11 is 0. The van der Waals surface area contributed by atoms with Gasteiger partial charge in [0.05, 0.1) is 30.3 Å². The molecule has 0 spiro atoms. The predicted molar refractivity (Wildman–Crippen MR) is 113 cm³/mol. The van der Waals surface area contributed by atoms with Crippen molar-refractivity contribution in [2.24, 2.45) is 7.05 Å². The molecule has 3 atom stereocenters. The van der Waals surface area contributed by atoms with Crippen molar-refractivity contribution >= 4 is 5.82 Å². The van der Waals surface area contributed by atoms with E-state index in [4.69, 9.17) is 0 Å². The van der Waals surface area contributed by atoms with Gasteiger partial charge >= 0.3 is 0 Å². The number of alkyl halides is 2. The van der Waals surface area contributed by atoms with Gasteiger partial charge in [0.2, 0.25) is 0 Å². The van der Waals surface area contributed by atoms with Crippen molar-refractivity contribution < 1.29 is 13.9 Å². The summed E-state index contributed by atoms with van der Waals surface area (Å²) in [4.78, 5) is 10.9. The van der Waals surface area contributed by atoms with E-state index >= 15 is 0 Å². The van der Waals surface area contributed by atoms with Gasteiger partial charge in [-0.2, -0.15) is 5.10 Å². The van der Waals surface area contributed by atoms with Crippen LogP contribution in [0.25, 0.3) is 22.4 Å². The zero-order chi connectivity index (χ0) is 21.8. The number of halogens is 2. The number of aromatic nitrogens is 4. The average Bonchev–Trinajstić information content (AvgIpc) is 3.27. The average molecular weight is 426 g/mol. The molecule has 2 fully saturated rings. The first kappa shape index (κ1) is 19.9. The molecule has 2 aliphatic rings. The smallest absolute Gasteiger partial charge is 0.264 e. The van der Waals surface area contributed by atoms with Crippen LogP contribution in [0.5, 0.6) is 5.75 Å². The van der Waals surface area contributed by atoms with Gasteiger partial charge in [0, 0.05) is 49.9 Å². The maximum Gasteiger partial charge on any atom is 0.264 e. The molecule has 1 aromatic carbocycles. The highest BCUT2D eigenvalue weighted by atomic mass is 19.3. The lowest BCUT2D eigenvalue weighted by Crippen LogP contribution is -2.49.